The number of alkyl halides is 3. The molecule has 0 spiro atoms. The predicted molar refractivity (Wildman–Crippen MR) is 54.2 cm³/mol. The van der Waals surface area contributed by atoms with Crippen molar-refractivity contribution in [1.29, 1.82) is 0 Å². The maximum absolute atomic E-state index is 12.6. The van der Waals surface area contributed by atoms with Gasteiger partial charge in [-0.15, -0.1) is 0 Å². The van der Waals surface area contributed by atoms with Crippen LogP contribution in [0.1, 0.15) is 11.1 Å². The van der Waals surface area contributed by atoms with Crippen LogP contribution in [0.2, 0.25) is 0 Å². The average Bonchev–Trinajstić information content (AvgIpc) is 2.72. The Bertz CT molecular complexity index is 520. The molecule has 0 saturated heterocycles. The summed E-state index contributed by atoms with van der Waals surface area (Å²) in [6.45, 7) is -0.323. The molecule has 0 aromatic heterocycles. The SMILES string of the molecule is O=C(O)/C=C/c1ccc(C(F)(F)F)c2c1OCO2. The molecule has 2 rings (SSSR count). The normalized spacial score (nSPS) is 14.2. The number of carbonyl (C=O) groups is 1. The molecule has 4 nitrogen and oxygen atoms in total. The van der Waals surface area contributed by atoms with Crippen LogP contribution in [-0.2, 0) is 11.0 Å². The van der Waals surface area contributed by atoms with Crippen LogP contribution >= 0.6 is 0 Å². The molecule has 1 aromatic rings. The van der Waals surface area contributed by atoms with Crippen LogP contribution in [0.5, 0.6) is 11.5 Å². The van der Waals surface area contributed by atoms with Crippen molar-refractivity contribution in [2.45, 2.75) is 6.18 Å². The fourth-order valence-corrected chi connectivity index (χ4v) is 1.53. The summed E-state index contributed by atoms with van der Waals surface area (Å²) >= 11 is 0. The van der Waals surface area contributed by atoms with Crippen molar-refractivity contribution in [2.24, 2.45) is 0 Å². The van der Waals surface area contributed by atoms with E-state index < -0.39 is 23.5 Å². The number of hydrogen-bond donors (Lipinski definition) is 1. The van der Waals surface area contributed by atoms with Gasteiger partial charge in [-0.1, -0.05) is 6.07 Å². The Morgan fingerprint density at radius 2 is 1.94 bits per heavy atom. The summed E-state index contributed by atoms with van der Waals surface area (Å²) in [5.74, 6) is -1.71. The highest BCUT2D eigenvalue weighted by Crippen LogP contribution is 2.46. The molecule has 1 heterocycles. The Labute approximate surface area is 99.2 Å². The molecule has 0 bridgehead atoms. The van der Waals surface area contributed by atoms with E-state index in [0.29, 0.717) is 0 Å². The minimum atomic E-state index is -4.55. The second-order valence-electron chi connectivity index (χ2n) is 3.44. The van der Waals surface area contributed by atoms with Crippen LogP contribution in [-0.4, -0.2) is 17.9 Å². The molecule has 0 radical (unpaired) electrons. The first-order valence-electron chi connectivity index (χ1n) is 4.80. The zero-order valence-electron chi connectivity index (χ0n) is 8.82. The van der Waals surface area contributed by atoms with Crippen LogP contribution in [0.15, 0.2) is 18.2 Å². The average molecular weight is 260 g/mol. The summed E-state index contributed by atoms with van der Waals surface area (Å²) in [6.07, 6.45) is -2.59. The first-order valence-corrected chi connectivity index (χ1v) is 4.80. The Morgan fingerprint density at radius 3 is 2.56 bits per heavy atom. The second-order valence-corrected chi connectivity index (χ2v) is 3.44. The first kappa shape index (κ1) is 12.3. The molecule has 0 unspecified atom stereocenters. The molecule has 7 heteroatoms. The minimum Gasteiger partial charge on any atom is -0.478 e. The summed E-state index contributed by atoms with van der Waals surface area (Å²) in [6, 6.07) is 1.96. The zero-order valence-corrected chi connectivity index (χ0v) is 8.82. The van der Waals surface area contributed by atoms with Gasteiger partial charge in [0.05, 0.1) is 0 Å². The third-order valence-corrected chi connectivity index (χ3v) is 2.26. The van der Waals surface area contributed by atoms with Crippen molar-refractivity contribution in [2.75, 3.05) is 6.79 Å². The molecule has 96 valence electrons. The number of ether oxygens (including phenoxy) is 2. The van der Waals surface area contributed by atoms with Gasteiger partial charge in [-0.3, -0.25) is 0 Å². The number of carboxylic acid groups (broad SMARTS) is 1. The molecular weight excluding hydrogens is 253 g/mol. The first-order chi connectivity index (χ1) is 8.39. The number of carboxylic acids is 1. The Hall–Kier alpha value is -2.18. The number of rotatable bonds is 2. The lowest BCUT2D eigenvalue weighted by Crippen LogP contribution is -2.06. The molecule has 1 aromatic carbocycles. The minimum absolute atomic E-state index is 0.0951. The third kappa shape index (κ3) is 2.24. The number of halogens is 3. The lowest BCUT2D eigenvalue weighted by atomic mass is 10.1. The molecule has 1 aliphatic heterocycles. The predicted octanol–water partition coefficient (Wildman–Crippen LogP) is 2.53. The smallest absolute Gasteiger partial charge is 0.420 e. The van der Waals surface area contributed by atoms with Crippen LogP contribution in [0.4, 0.5) is 13.2 Å². The van der Waals surface area contributed by atoms with Crippen molar-refractivity contribution in [3.63, 3.8) is 0 Å². The van der Waals surface area contributed by atoms with Gasteiger partial charge in [0.1, 0.15) is 5.56 Å². The maximum Gasteiger partial charge on any atom is 0.420 e. The van der Waals surface area contributed by atoms with E-state index in [0.717, 1.165) is 24.3 Å². The summed E-state index contributed by atoms with van der Waals surface area (Å²) in [4.78, 5) is 10.4. The lowest BCUT2D eigenvalue weighted by Gasteiger charge is -2.10. The van der Waals surface area contributed by atoms with Crippen molar-refractivity contribution >= 4 is 12.0 Å². The zero-order chi connectivity index (χ0) is 13.3. The standard InChI is InChI=1S/C11H7F3O4/c12-11(13,14)7-3-1-6(2-4-8(15)16)9-10(7)18-5-17-9/h1-4H,5H2,(H,15,16)/b4-2+. The third-order valence-electron chi connectivity index (χ3n) is 2.26. The highest BCUT2D eigenvalue weighted by atomic mass is 19.4. The van der Waals surface area contributed by atoms with Crippen LogP contribution < -0.4 is 9.47 Å². The van der Waals surface area contributed by atoms with Gasteiger partial charge >= 0.3 is 12.1 Å². The summed E-state index contributed by atoms with van der Waals surface area (Å²) < 4.78 is 47.6. The van der Waals surface area contributed by atoms with Crippen LogP contribution in [0.25, 0.3) is 6.08 Å². The molecule has 1 N–H and O–H groups in total. The molecular formula is C11H7F3O4. The Balaban J connectivity index is 2.49. The summed E-state index contributed by atoms with van der Waals surface area (Å²) in [5.41, 5.74) is -0.722. The van der Waals surface area contributed by atoms with Crippen molar-refractivity contribution in [3.8, 4) is 11.5 Å². The highest BCUT2D eigenvalue weighted by molar-refractivity contribution is 5.86. The molecule has 1 aliphatic rings. The molecule has 18 heavy (non-hydrogen) atoms. The van der Waals surface area contributed by atoms with E-state index in [2.05, 4.69) is 0 Å². The van der Waals surface area contributed by atoms with Gasteiger partial charge in [-0.05, 0) is 12.1 Å². The monoisotopic (exact) mass is 260 g/mol. The van der Waals surface area contributed by atoms with Crippen molar-refractivity contribution < 1.29 is 32.5 Å². The van der Waals surface area contributed by atoms with E-state index in [1.165, 1.54) is 0 Å². The molecule has 0 atom stereocenters. The maximum atomic E-state index is 12.6. The van der Waals surface area contributed by atoms with Gasteiger partial charge in [0.15, 0.2) is 11.5 Å². The number of hydrogen-bond acceptors (Lipinski definition) is 3. The van der Waals surface area contributed by atoms with Gasteiger partial charge in [-0.2, -0.15) is 13.2 Å². The van der Waals surface area contributed by atoms with E-state index >= 15 is 0 Å². The highest BCUT2D eigenvalue weighted by Gasteiger charge is 2.38. The van der Waals surface area contributed by atoms with Crippen LogP contribution in [0.3, 0.4) is 0 Å². The van der Waals surface area contributed by atoms with Gasteiger partial charge in [0, 0.05) is 11.6 Å². The summed E-state index contributed by atoms with van der Waals surface area (Å²) in [5, 5.41) is 8.47. The molecule has 0 aliphatic carbocycles. The van der Waals surface area contributed by atoms with Gasteiger partial charge in [-0.25, -0.2) is 4.79 Å². The van der Waals surface area contributed by atoms with Crippen molar-refractivity contribution in [3.05, 3.63) is 29.3 Å². The van der Waals surface area contributed by atoms with E-state index in [-0.39, 0.29) is 18.1 Å². The Kier molecular flexibility index (Phi) is 2.90. The van der Waals surface area contributed by atoms with Crippen molar-refractivity contribution in [1.82, 2.24) is 0 Å². The van der Waals surface area contributed by atoms with E-state index in [1.54, 1.807) is 0 Å². The second kappa shape index (κ2) is 4.25. The fourth-order valence-electron chi connectivity index (χ4n) is 1.53. The number of benzene rings is 1. The van der Waals surface area contributed by atoms with E-state index in [1.807, 2.05) is 0 Å². The summed E-state index contributed by atoms with van der Waals surface area (Å²) in [7, 11) is 0. The van der Waals surface area contributed by atoms with E-state index in [9.17, 15) is 18.0 Å². The molecule has 0 amide bonds. The fraction of sp³-hybridized carbons (Fsp3) is 0.182. The van der Waals surface area contributed by atoms with Gasteiger partial charge < -0.3 is 14.6 Å². The topological polar surface area (TPSA) is 55.8 Å². The molecule has 0 fully saturated rings. The lowest BCUT2D eigenvalue weighted by molar-refractivity contribution is -0.138. The van der Waals surface area contributed by atoms with Gasteiger partial charge in [0.2, 0.25) is 6.79 Å². The quantitative estimate of drug-likeness (QED) is 0.830. The number of aliphatic carboxylic acids is 1. The van der Waals surface area contributed by atoms with Crippen LogP contribution in [0, 0.1) is 0 Å². The molecule has 0 saturated carbocycles. The van der Waals surface area contributed by atoms with E-state index in [4.69, 9.17) is 14.6 Å². The number of fused-ring (bicyclic) bond motifs is 1. The Morgan fingerprint density at radius 1 is 1.28 bits per heavy atom. The largest absolute Gasteiger partial charge is 0.478 e. The van der Waals surface area contributed by atoms with Gasteiger partial charge in [0.25, 0.3) is 0 Å².